The average molecular weight is 229 g/mol. The molecule has 7 heteroatoms. The van der Waals surface area contributed by atoms with Crippen molar-refractivity contribution in [2.45, 2.75) is 0 Å². The monoisotopic (exact) mass is 228 g/mol. The van der Waals surface area contributed by atoms with Gasteiger partial charge in [-0.25, -0.2) is 0 Å². The Hall–Kier alpha value is -1.95. The molecule has 0 N–H and O–H groups in total. The molecule has 0 aliphatic heterocycles. The molecule has 1 aromatic carbocycles. The number of nitro groups is 2. The predicted molar refractivity (Wildman–Crippen MR) is 54.1 cm³/mol. The van der Waals surface area contributed by atoms with E-state index in [1.807, 2.05) is 0 Å². The highest BCUT2D eigenvalue weighted by Gasteiger charge is 2.12. The van der Waals surface area contributed by atoms with Gasteiger partial charge in [-0.2, -0.15) is 0 Å². The third-order valence-electron chi connectivity index (χ3n) is 1.56. The molecule has 0 amide bonds. The second-order valence-corrected chi connectivity index (χ2v) is 3.00. The number of nitrogens with zero attached hydrogens (tertiary/aromatic N) is 2. The molecule has 0 atom stereocenters. The fourth-order valence-corrected chi connectivity index (χ4v) is 1.12. The Morgan fingerprint density at radius 2 is 1.93 bits per heavy atom. The molecule has 0 bridgehead atoms. The first-order valence-electron chi connectivity index (χ1n) is 3.76. The van der Waals surface area contributed by atoms with Gasteiger partial charge in [0.05, 0.1) is 15.4 Å². The maximum atomic E-state index is 10.6. The van der Waals surface area contributed by atoms with Gasteiger partial charge in [0.15, 0.2) is 0 Å². The van der Waals surface area contributed by atoms with E-state index < -0.39 is 9.85 Å². The van der Waals surface area contributed by atoms with Crippen molar-refractivity contribution >= 4 is 23.4 Å². The summed E-state index contributed by atoms with van der Waals surface area (Å²) in [5, 5.41) is 20.8. The molecular formula is C8H5ClN2O4. The van der Waals surface area contributed by atoms with Crippen LogP contribution >= 0.6 is 11.6 Å². The maximum absolute atomic E-state index is 10.6. The standard InChI is InChI=1S/C8H5ClN2O4/c9-7-2-1-6(3-4-10(12)13)8(5-7)11(14)15/h1-5H. The van der Waals surface area contributed by atoms with E-state index in [1.165, 1.54) is 12.1 Å². The molecule has 1 rings (SSSR count). The minimum atomic E-state index is -0.696. The van der Waals surface area contributed by atoms with Crippen LogP contribution in [0.4, 0.5) is 5.69 Å². The smallest absolute Gasteiger partial charge is 0.259 e. The van der Waals surface area contributed by atoms with Crippen LogP contribution in [0.1, 0.15) is 5.56 Å². The molecule has 0 aromatic heterocycles. The van der Waals surface area contributed by atoms with Gasteiger partial charge in [0, 0.05) is 17.2 Å². The van der Waals surface area contributed by atoms with Crippen molar-refractivity contribution in [2.75, 3.05) is 0 Å². The van der Waals surface area contributed by atoms with Crippen molar-refractivity contribution in [3.05, 3.63) is 55.2 Å². The molecule has 0 heterocycles. The van der Waals surface area contributed by atoms with Gasteiger partial charge < -0.3 is 0 Å². The lowest BCUT2D eigenvalue weighted by Crippen LogP contribution is -1.92. The molecule has 0 radical (unpaired) electrons. The van der Waals surface area contributed by atoms with Crippen LogP contribution in [0.15, 0.2) is 24.4 Å². The Morgan fingerprint density at radius 1 is 1.27 bits per heavy atom. The van der Waals surface area contributed by atoms with E-state index in [9.17, 15) is 20.2 Å². The number of rotatable bonds is 3. The molecule has 15 heavy (non-hydrogen) atoms. The number of hydrogen-bond acceptors (Lipinski definition) is 4. The van der Waals surface area contributed by atoms with Gasteiger partial charge in [-0.1, -0.05) is 11.6 Å². The van der Waals surface area contributed by atoms with Crippen molar-refractivity contribution < 1.29 is 9.85 Å². The third-order valence-corrected chi connectivity index (χ3v) is 1.80. The predicted octanol–water partition coefficient (Wildman–Crippen LogP) is 2.50. The zero-order valence-electron chi connectivity index (χ0n) is 7.29. The molecule has 0 unspecified atom stereocenters. The van der Waals surface area contributed by atoms with Crippen LogP contribution < -0.4 is 0 Å². The van der Waals surface area contributed by atoms with Crippen LogP contribution in [0.25, 0.3) is 6.08 Å². The van der Waals surface area contributed by atoms with E-state index >= 15 is 0 Å². The summed E-state index contributed by atoms with van der Waals surface area (Å²) < 4.78 is 0. The quantitative estimate of drug-likeness (QED) is 0.587. The number of nitro benzene ring substituents is 1. The second kappa shape index (κ2) is 4.52. The molecule has 0 saturated heterocycles. The molecule has 6 nitrogen and oxygen atoms in total. The molecule has 0 fully saturated rings. The SMILES string of the molecule is O=[N+]([O-])C=Cc1ccc(Cl)cc1[N+](=O)[O-]. The van der Waals surface area contributed by atoms with E-state index in [2.05, 4.69) is 0 Å². The highest BCUT2D eigenvalue weighted by atomic mass is 35.5. The summed E-state index contributed by atoms with van der Waals surface area (Å²) in [6, 6.07) is 3.91. The minimum absolute atomic E-state index is 0.140. The Kier molecular flexibility index (Phi) is 3.35. The zero-order chi connectivity index (χ0) is 11.4. The van der Waals surface area contributed by atoms with Gasteiger partial charge in [0.1, 0.15) is 0 Å². The van der Waals surface area contributed by atoms with Crippen LogP contribution in [0.5, 0.6) is 0 Å². The summed E-state index contributed by atoms with van der Waals surface area (Å²) in [6.07, 6.45) is 1.69. The Morgan fingerprint density at radius 3 is 2.47 bits per heavy atom. The van der Waals surface area contributed by atoms with Crippen LogP contribution in [0.2, 0.25) is 5.02 Å². The van der Waals surface area contributed by atoms with Gasteiger partial charge in [0.25, 0.3) is 5.69 Å². The highest BCUT2D eigenvalue weighted by Crippen LogP contribution is 2.24. The molecule has 0 saturated carbocycles. The van der Waals surface area contributed by atoms with Gasteiger partial charge in [-0.05, 0) is 12.1 Å². The lowest BCUT2D eigenvalue weighted by molar-refractivity contribution is -0.401. The minimum Gasteiger partial charge on any atom is -0.259 e. The first kappa shape index (κ1) is 11.1. The van der Waals surface area contributed by atoms with Crippen LogP contribution in [-0.4, -0.2) is 9.85 Å². The highest BCUT2D eigenvalue weighted by molar-refractivity contribution is 6.30. The van der Waals surface area contributed by atoms with E-state index in [0.29, 0.717) is 6.20 Å². The average Bonchev–Trinajstić information content (AvgIpc) is 2.15. The first-order valence-corrected chi connectivity index (χ1v) is 4.14. The van der Waals surface area contributed by atoms with Crippen molar-refractivity contribution in [3.63, 3.8) is 0 Å². The first-order chi connectivity index (χ1) is 7.00. The molecule has 0 aliphatic rings. The summed E-state index contributed by atoms with van der Waals surface area (Å²) in [7, 11) is 0. The van der Waals surface area contributed by atoms with Crippen molar-refractivity contribution in [3.8, 4) is 0 Å². The zero-order valence-corrected chi connectivity index (χ0v) is 8.05. The summed E-state index contributed by atoms with van der Waals surface area (Å²) >= 11 is 5.56. The van der Waals surface area contributed by atoms with Crippen molar-refractivity contribution in [1.82, 2.24) is 0 Å². The van der Waals surface area contributed by atoms with Gasteiger partial charge >= 0.3 is 0 Å². The lowest BCUT2D eigenvalue weighted by atomic mass is 10.2. The van der Waals surface area contributed by atoms with E-state index in [-0.39, 0.29) is 16.3 Å². The summed E-state index contributed by atoms with van der Waals surface area (Å²) in [5.41, 5.74) is -0.123. The molecule has 0 aliphatic carbocycles. The Labute approximate surface area is 89.1 Å². The lowest BCUT2D eigenvalue weighted by Gasteiger charge is -1.96. The molecule has 78 valence electrons. The topological polar surface area (TPSA) is 86.3 Å². The number of benzene rings is 1. The van der Waals surface area contributed by atoms with Crippen molar-refractivity contribution in [2.24, 2.45) is 0 Å². The molecular weight excluding hydrogens is 224 g/mol. The Bertz CT molecular complexity index is 444. The maximum Gasteiger partial charge on any atom is 0.278 e. The largest absolute Gasteiger partial charge is 0.278 e. The van der Waals surface area contributed by atoms with Crippen LogP contribution in [-0.2, 0) is 0 Å². The van der Waals surface area contributed by atoms with Gasteiger partial charge in [0.2, 0.25) is 6.20 Å². The summed E-state index contributed by atoms with van der Waals surface area (Å²) in [4.78, 5) is 19.3. The van der Waals surface area contributed by atoms with Crippen LogP contribution in [0.3, 0.4) is 0 Å². The summed E-state index contributed by atoms with van der Waals surface area (Å²) in [6.45, 7) is 0. The third kappa shape index (κ3) is 3.03. The van der Waals surface area contributed by atoms with Crippen LogP contribution in [0, 0.1) is 20.2 Å². The van der Waals surface area contributed by atoms with Gasteiger partial charge in [-0.15, -0.1) is 0 Å². The second-order valence-electron chi connectivity index (χ2n) is 2.56. The normalized spacial score (nSPS) is 10.5. The Balaban J connectivity index is 3.17. The fraction of sp³-hybridized carbons (Fsp3) is 0. The number of halogens is 1. The van der Waals surface area contributed by atoms with E-state index in [1.54, 1.807) is 0 Å². The molecule has 1 aromatic rings. The van der Waals surface area contributed by atoms with Crippen molar-refractivity contribution in [1.29, 1.82) is 0 Å². The van der Waals surface area contributed by atoms with Gasteiger partial charge in [-0.3, -0.25) is 20.2 Å². The number of hydrogen-bond donors (Lipinski definition) is 0. The fourth-order valence-electron chi connectivity index (χ4n) is 0.957. The summed E-state index contributed by atoms with van der Waals surface area (Å²) in [5.74, 6) is 0. The molecule has 0 spiro atoms. The van der Waals surface area contributed by atoms with E-state index in [4.69, 9.17) is 11.6 Å². The van der Waals surface area contributed by atoms with E-state index in [0.717, 1.165) is 12.1 Å².